The number of imidazole rings is 1. The number of halogens is 1. The number of piperidine rings is 1. The van der Waals surface area contributed by atoms with Crippen LogP contribution in [0.25, 0.3) is 11.0 Å². The zero-order chi connectivity index (χ0) is 19.5. The van der Waals surface area contributed by atoms with Gasteiger partial charge in [-0.2, -0.15) is 0 Å². The highest BCUT2D eigenvalue weighted by Crippen LogP contribution is 2.25. The standard InChI is InChI=1S/C22H24FN3O2/c23-18-7-2-1-6-17(18)21(27)10-5-13-25-14-11-16(12-15-25)26-20-9-4-3-8-19(20)24-22(26)28/h1-4,6-9,16H,5,10-15H2,(H,24,28). The second-order valence-electron chi connectivity index (χ2n) is 7.40. The molecule has 3 aromatic rings. The Balaban J connectivity index is 1.30. The van der Waals surface area contributed by atoms with Crippen LogP contribution in [0.4, 0.5) is 4.39 Å². The predicted octanol–water partition coefficient (Wildman–Crippen LogP) is 3.77. The maximum atomic E-state index is 13.7. The number of ketones is 1. The second-order valence-corrected chi connectivity index (χ2v) is 7.40. The van der Waals surface area contributed by atoms with Crippen LogP contribution in [-0.4, -0.2) is 39.9 Å². The number of carbonyl (C=O) groups is 1. The third-order valence-corrected chi connectivity index (χ3v) is 5.60. The van der Waals surface area contributed by atoms with Gasteiger partial charge in [-0.25, -0.2) is 9.18 Å². The number of hydrogen-bond acceptors (Lipinski definition) is 3. The Bertz CT molecular complexity index is 1030. The molecule has 0 bridgehead atoms. The number of hydrogen-bond donors (Lipinski definition) is 1. The Morgan fingerprint density at radius 1 is 1.07 bits per heavy atom. The molecule has 28 heavy (non-hydrogen) atoms. The number of aromatic amines is 1. The SMILES string of the molecule is O=C(CCCN1CCC(n2c(=O)[nH]c3ccccc32)CC1)c1ccccc1F. The van der Waals surface area contributed by atoms with Crippen molar-refractivity contribution in [3.63, 3.8) is 0 Å². The van der Waals surface area contributed by atoms with Crippen LogP contribution in [0.2, 0.25) is 0 Å². The third-order valence-electron chi connectivity index (χ3n) is 5.60. The molecule has 2 heterocycles. The highest BCUT2D eigenvalue weighted by atomic mass is 19.1. The minimum Gasteiger partial charge on any atom is -0.306 e. The summed E-state index contributed by atoms with van der Waals surface area (Å²) in [6, 6.07) is 14.1. The van der Waals surface area contributed by atoms with Crippen LogP contribution in [0.3, 0.4) is 0 Å². The first-order valence-electron chi connectivity index (χ1n) is 9.83. The van der Waals surface area contributed by atoms with Crippen molar-refractivity contribution >= 4 is 16.8 Å². The second kappa shape index (κ2) is 8.10. The minimum absolute atomic E-state index is 0.0462. The molecule has 1 aliphatic heterocycles. The molecule has 0 aliphatic carbocycles. The Morgan fingerprint density at radius 2 is 1.79 bits per heavy atom. The number of Topliss-reactive ketones (excluding diaryl/α,β-unsaturated/α-hetero) is 1. The molecule has 0 atom stereocenters. The lowest BCUT2D eigenvalue weighted by Crippen LogP contribution is -2.37. The average Bonchev–Trinajstić information content (AvgIpc) is 3.04. The Labute approximate surface area is 162 Å². The fraction of sp³-hybridized carbons (Fsp3) is 0.364. The third kappa shape index (κ3) is 3.78. The first-order valence-corrected chi connectivity index (χ1v) is 9.83. The van der Waals surface area contributed by atoms with Gasteiger partial charge < -0.3 is 9.88 Å². The van der Waals surface area contributed by atoms with E-state index in [4.69, 9.17) is 0 Å². The van der Waals surface area contributed by atoms with Crippen LogP contribution in [0.1, 0.15) is 42.1 Å². The largest absolute Gasteiger partial charge is 0.326 e. The van der Waals surface area contributed by atoms with Crippen molar-refractivity contribution in [2.24, 2.45) is 0 Å². The fourth-order valence-corrected chi connectivity index (χ4v) is 4.12. The number of likely N-dealkylation sites (tertiary alicyclic amines) is 1. The van der Waals surface area contributed by atoms with E-state index in [0.717, 1.165) is 43.5 Å². The van der Waals surface area contributed by atoms with Crippen molar-refractivity contribution in [3.05, 3.63) is 70.4 Å². The minimum atomic E-state index is -0.447. The zero-order valence-corrected chi connectivity index (χ0v) is 15.7. The molecule has 1 fully saturated rings. The van der Waals surface area contributed by atoms with Gasteiger partial charge in [-0.05, 0) is 50.1 Å². The molecule has 4 rings (SSSR count). The van der Waals surface area contributed by atoms with Crippen LogP contribution >= 0.6 is 0 Å². The molecular weight excluding hydrogens is 357 g/mol. The van der Waals surface area contributed by atoms with E-state index in [1.54, 1.807) is 18.2 Å². The Kier molecular flexibility index (Phi) is 5.39. The van der Waals surface area contributed by atoms with E-state index in [1.165, 1.54) is 6.07 Å². The summed E-state index contributed by atoms with van der Waals surface area (Å²) in [6.07, 6.45) is 2.87. The van der Waals surface area contributed by atoms with Gasteiger partial charge in [-0.3, -0.25) is 9.36 Å². The van der Waals surface area contributed by atoms with Crippen molar-refractivity contribution in [1.82, 2.24) is 14.5 Å². The Hall–Kier alpha value is -2.73. The first kappa shape index (κ1) is 18.6. The van der Waals surface area contributed by atoms with Crippen molar-refractivity contribution in [1.29, 1.82) is 0 Å². The number of fused-ring (bicyclic) bond motifs is 1. The summed E-state index contributed by atoms with van der Waals surface area (Å²) in [5.41, 5.74) is 1.97. The lowest BCUT2D eigenvalue weighted by Gasteiger charge is -2.32. The van der Waals surface area contributed by atoms with Gasteiger partial charge in [0.1, 0.15) is 5.82 Å². The molecule has 1 aliphatic rings. The predicted molar refractivity (Wildman–Crippen MR) is 107 cm³/mol. The monoisotopic (exact) mass is 381 g/mol. The van der Waals surface area contributed by atoms with Gasteiger partial charge in [-0.15, -0.1) is 0 Å². The maximum absolute atomic E-state index is 13.7. The van der Waals surface area contributed by atoms with E-state index in [1.807, 2.05) is 28.8 Å². The summed E-state index contributed by atoms with van der Waals surface area (Å²) in [6.45, 7) is 2.60. The number of H-pyrrole nitrogens is 1. The van der Waals surface area contributed by atoms with Gasteiger partial charge in [-0.1, -0.05) is 24.3 Å². The number of nitrogens with zero attached hydrogens (tertiary/aromatic N) is 2. The highest BCUT2D eigenvalue weighted by molar-refractivity contribution is 5.96. The van der Waals surface area contributed by atoms with E-state index in [-0.39, 0.29) is 23.1 Å². The summed E-state index contributed by atoms with van der Waals surface area (Å²) in [5, 5.41) is 0. The van der Waals surface area contributed by atoms with E-state index >= 15 is 0 Å². The number of carbonyl (C=O) groups excluding carboxylic acids is 1. The van der Waals surface area contributed by atoms with Crippen molar-refractivity contribution in [2.45, 2.75) is 31.7 Å². The molecule has 0 unspecified atom stereocenters. The van der Waals surface area contributed by atoms with E-state index < -0.39 is 5.82 Å². The summed E-state index contributed by atoms with van der Waals surface area (Å²) in [5.74, 6) is -0.587. The van der Waals surface area contributed by atoms with Gasteiger partial charge in [0.15, 0.2) is 5.78 Å². The van der Waals surface area contributed by atoms with Crippen LogP contribution in [0.15, 0.2) is 53.3 Å². The van der Waals surface area contributed by atoms with Crippen LogP contribution in [0, 0.1) is 5.82 Å². The maximum Gasteiger partial charge on any atom is 0.326 e. The molecule has 0 saturated carbocycles. The summed E-state index contributed by atoms with van der Waals surface area (Å²) in [4.78, 5) is 29.8. The van der Waals surface area contributed by atoms with E-state index in [9.17, 15) is 14.0 Å². The number of rotatable bonds is 6. The smallest absolute Gasteiger partial charge is 0.306 e. The molecule has 146 valence electrons. The molecule has 1 N–H and O–H groups in total. The molecule has 1 aromatic heterocycles. The van der Waals surface area contributed by atoms with Gasteiger partial charge in [0.25, 0.3) is 0 Å². The van der Waals surface area contributed by atoms with Crippen LogP contribution < -0.4 is 5.69 Å². The summed E-state index contributed by atoms with van der Waals surface area (Å²) >= 11 is 0. The van der Waals surface area contributed by atoms with Gasteiger partial charge >= 0.3 is 5.69 Å². The molecule has 0 amide bonds. The van der Waals surface area contributed by atoms with Gasteiger partial charge in [0.2, 0.25) is 0 Å². The molecule has 0 spiro atoms. The summed E-state index contributed by atoms with van der Waals surface area (Å²) < 4.78 is 15.6. The first-order chi connectivity index (χ1) is 13.6. The van der Waals surface area contributed by atoms with Crippen molar-refractivity contribution in [3.8, 4) is 0 Å². The molecule has 2 aromatic carbocycles. The molecular formula is C22H24FN3O2. The normalized spacial score (nSPS) is 15.9. The van der Waals surface area contributed by atoms with Gasteiger partial charge in [0.05, 0.1) is 16.6 Å². The molecule has 1 saturated heterocycles. The topological polar surface area (TPSA) is 58.1 Å². The number of aromatic nitrogens is 2. The quantitative estimate of drug-likeness (QED) is 0.662. The molecule has 0 radical (unpaired) electrons. The van der Waals surface area contributed by atoms with Crippen molar-refractivity contribution < 1.29 is 9.18 Å². The van der Waals surface area contributed by atoms with E-state index in [0.29, 0.717) is 12.8 Å². The molecule has 6 heteroatoms. The van der Waals surface area contributed by atoms with E-state index in [2.05, 4.69) is 9.88 Å². The fourth-order valence-electron chi connectivity index (χ4n) is 4.12. The van der Waals surface area contributed by atoms with Crippen molar-refractivity contribution in [2.75, 3.05) is 19.6 Å². The number of para-hydroxylation sites is 2. The van der Waals surface area contributed by atoms with Crippen LogP contribution in [0.5, 0.6) is 0 Å². The number of nitrogens with one attached hydrogen (secondary N) is 1. The Morgan fingerprint density at radius 3 is 2.57 bits per heavy atom. The number of benzene rings is 2. The average molecular weight is 381 g/mol. The lowest BCUT2D eigenvalue weighted by molar-refractivity contribution is 0.0966. The molecule has 5 nitrogen and oxygen atoms in total. The summed E-state index contributed by atoms with van der Waals surface area (Å²) in [7, 11) is 0. The lowest BCUT2D eigenvalue weighted by atomic mass is 10.0. The van der Waals surface area contributed by atoms with Gasteiger partial charge in [0, 0.05) is 25.6 Å². The zero-order valence-electron chi connectivity index (χ0n) is 15.7. The van der Waals surface area contributed by atoms with Crippen LogP contribution in [-0.2, 0) is 0 Å². The highest BCUT2D eigenvalue weighted by Gasteiger charge is 2.23.